The number of nitrogens with zero attached hydrogens (tertiary/aromatic N) is 1. The number of carbonyl (C=O) groups is 1. The molecule has 4 nitrogen and oxygen atoms in total. The van der Waals surface area contributed by atoms with Crippen molar-refractivity contribution in [1.82, 2.24) is 0 Å². The molecule has 1 aliphatic rings. The fourth-order valence-corrected chi connectivity index (χ4v) is 5.93. The van der Waals surface area contributed by atoms with Crippen LogP contribution in [-0.2, 0) is 9.22 Å². The third-order valence-corrected chi connectivity index (χ3v) is 12.3. The summed E-state index contributed by atoms with van der Waals surface area (Å²) in [6.45, 7) is 10.9. The molecule has 0 bridgehead atoms. The Bertz CT molecular complexity index is 1220. The van der Waals surface area contributed by atoms with Crippen LogP contribution < -0.4 is 4.90 Å². The highest BCUT2D eigenvalue weighted by Crippen LogP contribution is 2.48. The van der Waals surface area contributed by atoms with Gasteiger partial charge in [-0.15, -0.1) is 0 Å². The van der Waals surface area contributed by atoms with Crippen LogP contribution in [-0.4, -0.2) is 19.3 Å². The summed E-state index contributed by atoms with van der Waals surface area (Å²) in [6.07, 6.45) is 0.897. The Morgan fingerprint density at radius 3 is 2.00 bits per heavy atom. The lowest BCUT2D eigenvalue weighted by Gasteiger charge is -2.48. The Balaban J connectivity index is 1.61. The molecular formula is C30H35F2NO3Si. The van der Waals surface area contributed by atoms with Crippen molar-refractivity contribution in [2.75, 3.05) is 4.90 Å². The average Bonchev–Trinajstić information content (AvgIpc) is 2.83. The molecule has 7 heteroatoms. The highest BCUT2D eigenvalue weighted by atomic mass is 28.4. The van der Waals surface area contributed by atoms with Crippen molar-refractivity contribution in [3.63, 3.8) is 0 Å². The van der Waals surface area contributed by atoms with E-state index in [1.54, 1.807) is 41.3 Å². The molecule has 1 heterocycles. The van der Waals surface area contributed by atoms with Crippen molar-refractivity contribution in [3.05, 3.63) is 95.6 Å². The zero-order chi connectivity index (χ0) is 27.0. The lowest BCUT2D eigenvalue weighted by molar-refractivity contribution is -0.131. The van der Waals surface area contributed by atoms with E-state index in [0.29, 0.717) is 18.5 Å². The maximum atomic E-state index is 13.7. The van der Waals surface area contributed by atoms with Crippen molar-refractivity contribution in [3.8, 4) is 5.75 Å². The summed E-state index contributed by atoms with van der Waals surface area (Å²) < 4.78 is 34.0. The minimum Gasteiger partial charge on any atom is -0.508 e. The van der Waals surface area contributed by atoms with Crippen LogP contribution in [0.25, 0.3) is 0 Å². The first-order valence-electron chi connectivity index (χ1n) is 12.7. The molecule has 3 aromatic rings. The Kier molecular flexibility index (Phi) is 7.58. The van der Waals surface area contributed by atoms with Crippen molar-refractivity contribution in [2.45, 2.75) is 63.9 Å². The van der Waals surface area contributed by atoms with Gasteiger partial charge >= 0.3 is 0 Å². The molecule has 0 spiro atoms. The highest BCUT2D eigenvalue weighted by molar-refractivity contribution is 6.74. The largest absolute Gasteiger partial charge is 0.508 e. The van der Waals surface area contributed by atoms with E-state index < -0.39 is 8.32 Å². The van der Waals surface area contributed by atoms with E-state index in [9.17, 15) is 18.7 Å². The van der Waals surface area contributed by atoms with Crippen LogP contribution in [0.1, 0.15) is 56.9 Å². The van der Waals surface area contributed by atoms with Crippen LogP contribution in [0, 0.1) is 17.6 Å². The second kappa shape index (κ2) is 10.4. The second-order valence-electron chi connectivity index (χ2n) is 11.3. The van der Waals surface area contributed by atoms with Gasteiger partial charge in [-0.3, -0.25) is 4.79 Å². The van der Waals surface area contributed by atoms with Gasteiger partial charge in [-0.05, 0) is 90.6 Å². The number of amides is 1. The number of hydrogen-bond acceptors (Lipinski definition) is 3. The fourth-order valence-electron chi connectivity index (χ4n) is 4.61. The maximum Gasteiger partial charge on any atom is 0.233 e. The second-order valence-corrected chi connectivity index (χ2v) is 16.1. The van der Waals surface area contributed by atoms with Gasteiger partial charge in [0.05, 0.1) is 18.1 Å². The first kappa shape index (κ1) is 27.0. The Morgan fingerprint density at radius 2 is 1.46 bits per heavy atom. The normalized spacial score (nSPS) is 19.0. The van der Waals surface area contributed by atoms with E-state index >= 15 is 0 Å². The molecule has 0 radical (unpaired) electrons. The topological polar surface area (TPSA) is 49.8 Å². The van der Waals surface area contributed by atoms with E-state index in [-0.39, 0.29) is 46.4 Å². The summed E-state index contributed by atoms with van der Waals surface area (Å²) in [5, 5.41) is 9.79. The van der Waals surface area contributed by atoms with Gasteiger partial charge in [0, 0.05) is 5.69 Å². The predicted molar refractivity (Wildman–Crippen MR) is 145 cm³/mol. The number of phenolic OH excluding ortho intramolecular Hbond substituents is 1. The number of halogens is 2. The molecule has 1 aliphatic heterocycles. The minimum absolute atomic E-state index is 0.00841. The van der Waals surface area contributed by atoms with Crippen LogP contribution in [0.3, 0.4) is 0 Å². The van der Waals surface area contributed by atoms with E-state index in [1.165, 1.54) is 24.3 Å². The van der Waals surface area contributed by atoms with Gasteiger partial charge < -0.3 is 14.4 Å². The van der Waals surface area contributed by atoms with Crippen molar-refractivity contribution < 1.29 is 23.1 Å². The van der Waals surface area contributed by atoms with Crippen LogP contribution in [0.2, 0.25) is 18.1 Å². The summed E-state index contributed by atoms with van der Waals surface area (Å²) in [4.78, 5) is 15.1. The summed E-state index contributed by atoms with van der Waals surface area (Å²) in [5.74, 6) is -0.848. The molecule has 1 amide bonds. The number of aromatic hydroxyl groups is 1. The number of β-lactam (4-membered cyclic amide) rings is 1. The van der Waals surface area contributed by atoms with Crippen molar-refractivity contribution in [2.24, 2.45) is 5.92 Å². The van der Waals surface area contributed by atoms with Crippen LogP contribution >= 0.6 is 0 Å². The molecule has 3 aromatic carbocycles. The number of anilines is 1. The number of benzene rings is 3. The van der Waals surface area contributed by atoms with Crippen molar-refractivity contribution >= 4 is 19.9 Å². The third kappa shape index (κ3) is 5.78. The van der Waals surface area contributed by atoms with Gasteiger partial charge in [-0.2, -0.15) is 0 Å². The average molecular weight is 524 g/mol. The molecule has 196 valence electrons. The van der Waals surface area contributed by atoms with Crippen molar-refractivity contribution in [1.29, 1.82) is 0 Å². The lowest BCUT2D eigenvalue weighted by atomic mass is 9.78. The van der Waals surface area contributed by atoms with Gasteiger partial charge in [0.1, 0.15) is 17.4 Å². The van der Waals surface area contributed by atoms with Gasteiger partial charge in [0.15, 0.2) is 8.32 Å². The molecule has 4 rings (SSSR count). The Morgan fingerprint density at radius 1 is 0.919 bits per heavy atom. The monoisotopic (exact) mass is 523 g/mol. The number of phenols is 1. The molecule has 0 aromatic heterocycles. The van der Waals surface area contributed by atoms with Crippen LogP contribution in [0.15, 0.2) is 72.8 Å². The standard InChI is InChI=1S/C30H35F2NO3Si/c1-30(2,3)37(4,5)36-27(20-6-10-22(31)11-7-20)19-18-26-28(21-8-16-25(34)17-9-21)33(29(26)35)24-14-12-23(32)13-15-24/h6-17,26-28,34H,18-19H2,1-5H3. The van der Waals surface area contributed by atoms with Gasteiger partial charge in [-0.25, -0.2) is 8.78 Å². The highest BCUT2D eigenvalue weighted by Gasteiger charge is 2.49. The number of rotatable bonds is 8. The van der Waals surface area contributed by atoms with E-state index in [4.69, 9.17) is 4.43 Å². The molecular weight excluding hydrogens is 488 g/mol. The third-order valence-electron chi connectivity index (χ3n) is 7.78. The molecule has 1 N–H and O–H groups in total. The molecule has 3 atom stereocenters. The summed E-state index contributed by atoms with van der Waals surface area (Å²) >= 11 is 0. The van der Waals surface area contributed by atoms with Gasteiger partial charge in [0.25, 0.3) is 0 Å². The molecule has 0 saturated carbocycles. The van der Waals surface area contributed by atoms with E-state index in [0.717, 1.165) is 11.1 Å². The zero-order valence-electron chi connectivity index (χ0n) is 22.0. The lowest BCUT2D eigenvalue weighted by Crippen LogP contribution is -2.55. The first-order chi connectivity index (χ1) is 17.4. The molecule has 1 saturated heterocycles. The molecule has 3 unspecified atom stereocenters. The predicted octanol–water partition coefficient (Wildman–Crippen LogP) is 7.92. The minimum atomic E-state index is -2.16. The quantitative estimate of drug-likeness (QED) is 0.241. The zero-order valence-corrected chi connectivity index (χ0v) is 23.0. The summed E-state index contributed by atoms with van der Waals surface area (Å²) in [6, 6.07) is 18.9. The fraction of sp³-hybridized carbons (Fsp3) is 0.367. The van der Waals surface area contributed by atoms with Crippen LogP contribution in [0.5, 0.6) is 5.75 Å². The SMILES string of the molecule is CC(C)(C)[Si](C)(C)OC(CCC1C(=O)N(c2ccc(F)cc2)C1c1ccc(O)cc1)c1ccc(F)cc1. The smallest absolute Gasteiger partial charge is 0.233 e. The first-order valence-corrected chi connectivity index (χ1v) is 15.6. The Labute approximate surface area is 219 Å². The van der Waals surface area contributed by atoms with Gasteiger partial charge in [0.2, 0.25) is 5.91 Å². The number of hydrogen-bond donors (Lipinski definition) is 1. The Hall–Kier alpha value is -3.03. The van der Waals surface area contributed by atoms with E-state index in [1.807, 2.05) is 12.1 Å². The summed E-state index contributed by atoms with van der Waals surface area (Å²) in [7, 11) is -2.16. The van der Waals surface area contributed by atoms with Crippen LogP contribution in [0.4, 0.5) is 14.5 Å². The molecule has 0 aliphatic carbocycles. The maximum absolute atomic E-state index is 13.7. The number of carbonyl (C=O) groups excluding carboxylic acids is 1. The van der Waals surface area contributed by atoms with Gasteiger partial charge in [-0.1, -0.05) is 45.0 Å². The molecule has 37 heavy (non-hydrogen) atoms. The summed E-state index contributed by atoms with van der Waals surface area (Å²) in [5.41, 5.74) is 2.43. The van der Waals surface area contributed by atoms with E-state index in [2.05, 4.69) is 33.9 Å². The molecule has 1 fully saturated rings.